The number of para-hydroxylation sites is 2. The fourth-order valence-corrected chi connectivity index (χ4v) is 8.00. The molecule has 37 heavy (non-hydrogen) atoms. The molecule has 0 spiro atoms. The van der Waals surface area contributed by atoms with Gasteiger partial charge in [-0.1, -0.05) is 54.2 Å². The van der Waals surface area contributed by atoms with Gasteiger partial charge in [-0.15, -0.1) is 10.2 Å². The number of Topliss-reactive ketones (excluding diaryl/α,β-unsaturated/α-hetero) is 1. The van der Waals surface area contributed by atoms with Crippen molar-refractivity contribution < 1.29 is 14.3 Å². The van der Waals surface area contributed by atoms with Crippen LogP contribution >= 0.6 is 11.8 Å². The van der Waals surface area contributed by atoms with E-state index in [1.54, 1.807) is 7.11 Å². The van der Waals surface area contributed by atoms with Gasteiger partial charge >= 0.3 is 0 Å². The molecule has 7 rings (SSSR count). The topological polar surface area (TPSA) is 86.1 Å². The van der Waals surface area contributed by atoms with Crippen molar-refractivity contribution in [1.82, 2.24) is 20.1 Å². The first-order valence-corrected chi connectivity index (χ1v) is 14.1. The van der Waals surface area contributed by atoms with Gasteiger partial charge in [-0.3, -0.25) is 14.2 Å². The monoisotopic (exact) mass is 516 g/mol. The van der Waals surface area contributed by atoms with E-state index < -0.39 is 0 Å². The molecule has 2 aromatic carbocycles. The highest BCUT2D eigenvalue weighted by atomic mass is 32.2. The maximum absolute atomic E-state index is 13.6. The minimum atomic E-state index is -0.219. The zero-order valence-corrected chi connectivity index (χ0v) is 21.9. The van der Waals surface area contributed by atoms with E-state index in [1.807, 2.05) is 59.2 Å². The summed E-state index contributed by atoms with van der Waals surface area (Å²) in [5, 5.41) is 12.7. The standard InChI is InChI=1S/C29H32N4O3S/c1-36-25-10-6-5-9-23(25)33-26(31-32-28(33)37-18-24(34)22-7-3-2-4-8-22)17-30-27(35)29-14-19-11-20(15-29)13-21(12-19)16-29/h2-10,19-21H,11-18H2,1H3,(H,30,35). The van der Waals surface area contributed by atoms with Crippen LogP contribution in [0.1, 0.15) is 54.7 Å². The summed E-state index contributed by atoms with van der Waals surface area (Å²) in [6.45, 7) is 0.277. The van der Waals surface area contributed by atoms with E-state index in [2.05, 4.69) is 15.5 Å². The molecule has 3 aromatic rings. The number of nitrogens with zero attached hydrogens (tertiary/aromatic N) is 3. The van der Waals surface area contributed by atoms with Crippen molar-refractivity contribution in [3.05, 3.63) is 66.0 Å². The number of carbonyl (C=O) groups excluding carboxylic acids is 2. The second-order valence-electron chi connectivity index (χ2n) is 10.9. The number of ether oxygens (including phenoxy) is 1. The molecule has 0 radical (unpaired) electrons. The summed E-state index contributed by atoms with van der Waals surface area (Å²) in [4.78, 5) is 26.3. The van der Waals surface area contributed by atoms with Crippen molar-refractivity contribution in [3.63, 3.8) is 0 Å². The van der Waals surface area contributed by atoms with Crippen LogP contribution < -0.4 is 10.1 Å². The fourth-order valence-electron chi connectivity index (χ4n) is 7.14. The third-order valence-electron chi connectivity index (χ3n) is 8.38. The highest BCUT2D eigenvalue weighted by molar-refractivity contribution is 7.99. The molecule has 1 aromatic heterocycles. The summed E-state index contributed by atoms with van der Waals surface area (Å²) in [6, 6.07) is 16.9. The molecule has 1 amide bonds. The first kappa shape index (κ1) is 24.2. The Balaban J connectivity index is 1.23. The molecule has 4 aliphatic rings. The molecule has 0 unspecified atom stereocenters. The number of ketones is 1. The van der Waals surface area contributed by atoms with Crippen LogP contribution in [0.5, 0.6) is 5.75 Å². The van der Waals surface area contributed by atoms with Crippen LogP contribution in [-0.2, 0) is 11.3 Å². The lowest BCUT2D eigenvalue weighted by Crippen LogP contribution is -2.53. The Hall–Kier alpha value is -3.13. The lowest BCUT2D eigenvalue weighted by atomic mass is 9.49. The third kappa shape index (κ3) is 4.67. The average Bonchev–Trinajstić information content (AvgIpc) is 3.32. The number of aromatic nitrogens is 3. The molecule has 1 N–H and O–H groups in total. The first-order valence-electron chi connectivity index (χ1n) is 13.1. The molecule has 0 saturated heterocycles. The molecular weight excluding hydrogens is 484 g/mol. The van der Waals surface area contributed by atoms with E-state index in [9.17, 15) is 9.59 Å². The lowest BCUT2D eigenvalue weighted by Gasteiger charge is -2.55. The molecule has 192 valence electrons. The predicted octanol–water partition coefficient (Wildman–Crippen LogP) is 5.08. The smallest absolute Gasteiger partial charge is 0.226 e. The number of methoxy groups -OCH3 is 1. The van der Waals surface area contributed by atoms with Gasteiger partial charge in [-0.2, -0.15) is 0 Å². The second-order valence-corrected chi connectivity index (χ2v) is 11.8. The van der Waals surface area contributed by atoms with Gasteiger partial charge in [0.15, 0.2) is 16.8 Å². The average molecular weight is 517 g/mol. The van der Waals surface area contributed by atoms with Crippen LogP contribution in [0.15, 0.2) is 59.8 Å². The number of benzene rings is 2. The maximum atomic E-state index is 13.6. The number of carbonyl (C=O) groups is 2. The maximum Gasteiger partial charge on any atom is 0.226 e. The van der Waals surface area contributed by atoms with Crippen LogP contribution in [0.3, 0.4) is 0 Å². The summed E-state index contributed by atoms with van der Waals surface area (Å²) in [5.41, 5.74) is 1.23. The van der Waals surface area contributed by atoms with Gasteiger partial charge in [0.1, 0.15) is 5.75 Å². The van der Waals surface area contributed by atoms with Gasteiger partial charge < -0.3 is 10.1 Å². The molecule has 8 heteroatoms. The Morgan fingerprint density at radius 3 is 2.30 bits per heavy atom. The number of nitrogens with one attached hydrogen (secondary N) is 1. The van der Waals surface area contributed by atoms with Crippen molar-refractivity contribution >= 4 is 23.5 Å². The van der Waals surface area contributed by atoms with E-state index in [1.165, 1.54) is 31.0 Å². The van der Waals surface area contributed by atoms with Crippen LogP contribution in [0, 0.1) is 23.2 Å². The van der Waals surface area contributed by atoms with Gasteiger partial charge in [0.05, 0.1) is 25.1 Å². The van der Waals surface area contributed by atoms with Crippen molar-refractivity contribution in [1.29, 1.82) is 0 Å². The second kappa shape index (κ2) is 9.97. The van der Waals surface area contributed by atoms with E-state index in [4.69, 9.17) is 4.74 Å². The summed E-state index contributed by atoms with van der Waals surface area (Å²) in [7, 11) is 1.63. The number of amides is 1. The molecule has 7 nitrogen and oxygen atoms in total. The van der Waals surface area contributed by atoms with Crippen molar-refractivity contribution in [2.24, 2.45) is 23.2 Å². The predicted molar refractivity (Wildman–Crippen MR) is 142 cm³/mol. The highest BCUT2D eigenvalue weighted by Gasteiger charge is 2.54. The molecule has 4 saturated carbocycles. The Bertz CT molecular complexity index is 1270. The van der Waals surface area contributed by atoms with Crippen molar-refractivity contribution in [2.45, 2.75) is 50.2 Å². The van der Waals surface area contributed by atoms with Gasteiger partial charge in [0.25, 0.3) is 0 Å². The zero-order valence-electron chi connectivity index (χ0n) is 21.1. The Labute approximate surface area is 221 Å². The van der Waals surface area contributed by atoms with Crippen molar-refractivity contribution in [3.8, 4) is 11.4 Å². The lowest BCUT2D eigenvalue weighted by molar-refractivity contribution is -0.146. The SMILES string of the molecule is COc1ccccc1-n1c(CNC(=O)C23CC4CC(CC(C4)C2)C3)nnc1SCC(=O)c1ccccc1. The van der Waals surface area contributed by atoms with Crippen LogP contribution in [0.25, 0.3) is 5.69 Å². The Morgan fingerprint density at radius 1 is 0.973 bits per heavy atom. The van der Waals surface area contributed by atoms with Gasteiger partial charge in [-0.05, 0) is 68.4 Å². The third-order valence-corrected chi connectivity index (χ3v) is 9.31. The number of hydrogen-bond acceptors (Lipinski definition) is 6. The molecule has 1 heterocycles. The fraction of sp³-hybridized carbons (Fsp3) is 0.448. The normalized spacial score (nSPS) is 25.7. The molecule has 4 fully saturated rings. The van der Waals surface area contributed by atoms with Gasteiger partial charge in [0.2, 0.25) is 5.91 Å². The van der Waals surface area contributed by atoms with Crippen LogP contribution in [0.2, 0.25) is 0 Å². The minimum Gasteiger partial charge on any atom is -0.495 e. The largest absolute Gasteiger partial charge is 0.495 e. The minimum absolute atomic E-state index is 0.0249. The van der Waals surface area contributed by atoms with Crippen molar-refractivity contribution in [2.75, 3.05) is 12.9 Å². The Morgan fingerprint density at radius 2 is 1.62 bits per heavy atom. The first-order chi connectivity index (χ1) is 18.0. The molecule has 0 aliphatic heterocycles. The summed E-state index contributed by atoms with van der Waals surface area (Å²) >= 11 is 1.34. The number of hydrogen-bond donors (Lipinski definition) is 1. The molecule has 0 atom stereocenters. The van der Waals surface area contributed by atoms with Gasteiger partial charge in [-0.25, -0.2) is 0 Å². The molecular formula is C29H32N4O3S. The van der Waals surface area contributed by atoms with E-state index in [0.717, 1.165) is 24.9 Å². The van der Waals surface area contributed by atoms with E-state index in [0.29, 0.717) is 40.0 Å². The molecule has 4 bridgehead atoms. The highest BCUT2D eigenvalue weighted by Crippen LogP contribution is 2.60. The van der Waals surface area contributed by atoms with Crippen LogP contribution in [-0.4, -0.2) is 39.3 Å². The van der Waals surface area contributed by atoms with Crippen LogP contribution in [0.4, 0.5) is 0 Å². The summed E-state index contributed by atoms with van der Waals surface area (Å²) in [5.74, 6) is 3.84. The van der Waals surface area contributed by atoms with Gasteiger partial charge in [0, 0.05) is 11.0 Å². The molecule has 4 aliphatic carbocycles. The van der Waals surface area contributed by atoms with E-state index in [-0.39, 0.29) is 29.4 Å². The number of thioether (sulfide) groups is 1. The zero-order chi connectivity index (χ0) is 25.4. The summed E-state index contributed by atoms with van der Waals surface area (Å²) in [6.07, 6.45) is 6.97. The Kier molecular flexibility index (Phi) is 6.53. The summed E-state index contributed by atoms with van der Waals surface area (Å²) < 4.78 is 7.53. The quantitative estimate of drug-likeness (QED) is 0.315. The van der Waals surface area contributed by atoms with E-state index >= 15 is 0 Å². The number of rotatable bonds is 9.